The Morgan fingerprint density at radius 2 is 2.09 bits per heavy atom. The van der Waals surface area contributed by atoms with Gasteiger partial charge in [0.1, 0.15) is 0 Å². The first-order chi connectivity index (χ1) is 10.4. The zero-order valence-corrected chi connectivity index (χ0v) is 13.8. The van der Waals surface area contributed by atoms with Crippen molar-refractivity contribution in [3.05, 3.63) is 24.3 Å². The van der Waals surface area contributed by atoms with Gasteiger partial charge in [0.25, 0.3) is 0 Å². The summed E-state index contributed by atoms with van der Waals surface area (Å²) in [5.41, 5.74) is 6.20. The van der Waals surface area contributed by atoms with Gasteiger partial charge in [0.2, 0.25) is 15.9 Å². The Kier molecular flexibility index (Phi) is 5.20. The molecule has 1 aliphatic carbocycles. The highest BCUT2D eigenvalue weighted by Crippen LogP contribution is 2.32. The molecule has 3 N–H and O–H groups in total. The SMILES string of the molecule is CN(C)S(=O)(=O)c1cccc(NC(=O)[C@@H]2CCC[C@@H]2CN)c1. The molecule has 1 saturated carbocycles. The molecule has 0 radical (unpaired) electrons. The smallest absolute Gasteiger partial charge is 0.242 e. The van der Waals surface area contributed by atoms with Crippen LogP contribution in [0.1, 0.15) is 19.3 Å². The van der Waals surface area contributed by atoms with E-state index in [2.05, 4.69) is 5.32 Å². The predicted molar refractivity (Wildman–Crippen MR) is 85.8 cm³/mol. The number of sulfonamides is 1. The van der Waals surface area contributed by atoms with E-state index in [1.54, 1.807) is 12.1 Å². The van der Waals surface area contributed by atoms with Gasteiger partial charge in [-0.1, -0.05) is 12.5 Å². The number of nitrogens with zero attached hydrogens (tertiary/aromatic N) is 1. The van der Waals surface area contributed by atoms with Crippen molar-refractivity contribution in [2.24, 2.45) is 17.6 Å². The second-order valence-electron chi connectivity index (χ2n) is 5.84. The maximum atomic E-state index is 12.4. The highest BCUT2D eigenvalue weighted by Gasteiger charge is 2.32. The van der Waals surface area contributed by atoms with Crippen molar-refractivity contribution >= 4 is 21.6 Å². The Morgan fingerprint density at radius 1 is 1.36 bits per heavy atom. The molecular weight excluding hydrogens is 302 g/mol. The fraction of sp³-hybridized carbons (Fsp3) is 0.533. The van der Waals surface area contributed by atoms with Gasteiger partial charge >= 0.3 is 0 Å². The molecule has 0 saturated heterocycles. The van der Waals surface area contributed by atoms with Crippen LogP contribution in [-0.4, -0.2) is 39.3 Å². The molecule has 7 heteroatoms. The Labute approximate surface area is 131 Å². The Balaban J connectivity index is 2.16. The van der Waals surface area contributed by atoms with E-state index in [1.165, 1.54) is 26.2 Å². The molecule has 2 atom stereocenters. The highest BCUT2D eigenvalue weighted by molar-refractivity contribution is 7.89. The number of hydrogen-bond acceptors (Lipinski definition) is 4. The van der Waals surface area contributed by atoms with E-state index >= 15 is 0 Å². The van der Waals surface area contributed by atoms with E-state index in [1.807, 2.05) is 0 Å². The van der Waals surface area contributed by atoms with Crippen molar-refractivity contribution in [2.45, 2.75) is 24.2 Å². The summed E-state index contributed by atoms with van der Waals surface area (Å²) in [6.45, 7) is 0.507. The van der Waals surface area contributed by atoms with Crippen molar-refractivity contribution in [1.82, 2.24) is 4.31 Å². The van der Waals surface area contributed by atoms with Crippen molar-refractivity contribution < 1.29 is 13.2 Å². The van der Waals surface area contributed by atoms with Gasteiger partial charge in [0, 0.05) is 25.7 Å². The van der Waals surface area contributed by atoms with Gasteiger partial charge in [-0.3, -0.25) is 4.79 Å². The van der Waals surface area contributed by atoms with Crippen LogP contribution in [0.15, 0.2) is 29.2 Å². The summed E-state index contributed by atoms with van der Waals surface area (Å²) >= 11 is 0. The van der Waals surface area contributed by atoms with Crippen LogP contribution in [0.25, 0.3) is 0 Å². The molecule has 2 rings (SSSR count). The maximum absolute atomic E-state index is 12.4. The number of rotatable bonds is 5. The molecule has 0 bridgehead atoms. The molecule has 0 aliphatic heterocycles. The highest BCUT2D eigenvalue weighted by atomic mass is 32.2. The van der Waals surface area contributed by atoms with Crippen molar-refractivity contribution in [3.63, 3.8) is 0 Å². The zero-order valence-electron chi connectivity index (χ0n) is 13.0. The van der Waals surface area contributed by atoms with Gasteiger partial charge in [0.05, 0.1) is 4.90 Å². The molecule has 0 unspecified atom stereocenters. The molecule has 0 spiro atoms. The van der Waals surface area contributed by atoms with Gasteiger partial charge < -0.3 is 11.1 Å². The van der Waals surface area contributed by atoms with Crippen LogP contribution in [0.4, 0.5) is 5.69 Å². The lowest BCUT2D eigenvalue weighted by Crippen LogP contribution is -2.29. The zero-order chi connectivity index (χ0) is 16.3. The number of amides is 1. The maximum Gasteiger partial charge on any atom is 0.242 e. The average Bonchev–Trinajstić information content (AvgIpc) is 2.96. The minimum Gasteiger partial charge on any atom is -0.330 e. The van der Waals surface area contributed by atoms with Crippen LogP contribution in [0, 0.1) is 11.8 Å². The Bertz CT molecular complexity index is 643. The third-order valence-corrected chi connectivity index (χ3v) is 5.99. The van der Waals surface area contributed by atoms with E-state index in [0.717, 1.165) is 23.6 Å². The van der Waals surface area contributed by atoms with Gasteiger partial charge in [-0.25, -0.2) is 12.7 Å². The van der Waals surface area contributed by atoms with Crippen molar-refractivity contribution in [1.29, 1.82) is 0 Å². The molecule has 1 aromatic rings. The third kappa shape index (κ3) is 3.48. The second-order valence-corrected chi connectivity index (χ2v) is 7.99. The summed E-state index contributed by atoms with van der Waals surface area (Å²) in [5.74, 6) is 0.0557. The van der Waals surface area contributed by atoms with Crippen LogP contribution >= 0.6 is 0 Å². The minimum absolute atomic E-state index is 0.0765. The lowest BCUT2D eigenvalue weighted by molar-refractivity contribution is -0.120. The summed E-state index contributed by atoms with van der Waals surface area (Å²) in [4.78, 5) is 12.5. The van der Waals surface area contributed by atoms with Crippen LogP contribution in [0.5, 0.6) is 0 Å². The third-order valence-electron chi connectivity index (χ3n) is 4.18. The van der Waals surface area contributed by atoms with Crippen LogP contribution in [0.3, 0.4) is 0 Å². The monoisotopic (exact) mass is 325 g/mol. The van der Waals surface area contributed by atoms with Gasteiger partial charge in [-0.2, -0.15) is 0 Å². The molecular formula is C15H23N3O3S. The first kappa shape index (κ1) is 16.9. The van der Waals surface area contributed by atoms with E-state index < -0.39 is 10.0 Å². The van der Waals surface area contributed by atoms with Crippen molar-refractivity contribution in [3.8, 4) is 0 Å². The molecule has 1 aromatic carbocycles. The number of benzene rings is 1. The first-order valence-corrected chi connectivity index (χ1v) is 8.84. The molecule has 1 amide bonds. The average molecular weight is 325 g/mol. The quantitative estimate of drug-likeness (QED) is 0.852. The standard InChI is InChI=1S/C15H23N3O3S/c1-18(2)22(20,21)13-7-4-6-12(9-13)17-15(19)14-8-3-5-11(14)10-16/h4,6-7,9,11,14H,3,5,8,10,16H2,1-2H3,(H,17,19)/t11-,14-/m1/s1. The summed E-state index contributed by atoms with van der Waals surface area (Å²) in [6, 6.07) is 6.32. The number of carbonyl (C=O) groups excluding carboxylic acids is 1. The lowest BCUT2D eigenvalue weighted by atomic mass is 9.95. The van der Waals surface area contributed by atoms with E-state index in [-0.39, 0.29) is 22.6 Å². The number of anilines is 1. The number of carbonyl (C=O) groups is 1. The summed E-state index contributed by atoms with van der Waals surface area (Å²) < 4.78 is 25.4. The lowest BCUT2D eigenvalue weighted by Gasteiger charge is -2.18. The molecule has 6 nitrogen and oxygen atoms in total. The van der Waals surface area contributed by atoms with Crippen LogP contribution < -0.4 is 11.1 Å². The number of nitrogens with two attached hydrogens (primary N) is 1. The summed E-state index contributed by atoms with van der Waals surface area (Å²) in [6.07, 6.45) is 2.82. The molecule has 1 aliphatic rings. The first-order valence-electron chi connectivity index (χ1n) is 7.39. The largest absolute Gasteiger partial charge is 0.330 e. The predicted octanol–water partition coefficient (Wildman–Crippen LogP) is 1.25. The fourth-order valence-corrected chi connectivity index (χ4v) is 3.79. The number of nitrogens with one attached hydrogen (secondary N) is 1. The topological polar surface area (TPSA) is 92.5 Å². The van der Waals surface area contributed by atoms with Crippen molar-refractivity contribution in [2.75, 3.05) is 26.0 Å². The normalized spacial score (nSPS) is 22.0. The van der Waals surface area contributed by atoms with E-state index in [9.17, 15) is 13.2 Å². The molecule has 0 aromatic heterocycles. The minimum atomic E-state index is -3.51. The van der Waals surface area contributed by atoms with Gasteiger partial charge in [-0.05, 0) is 43.5 Å². The molecule has 22 heavy (non-hydrogen) atoms. The van der Waals surface area contributed by atoms with Crippen LogP contribution in [0.2, 0.25) is 0 Å². The van der Waals surface area contributed by atoms with Crippen LogP contribution in [-0.2, 0) is 14.8 Å². The van der Waals surface area contributed by atoms with E-state index in [4.69, 9.17) is 5.73 Å². The Hall–Kier alpha value is -1.44. The molecule has 0 heterocycles. The Morgan fingerprint density at radius 3 is 2.73 bits per heavy atom. The summed E-state index contributed by atoms with van der Waals surface area (Å²) in [5, 5.41) is 2.82. The number of hydrogen-bond donors (Lipinski definition) is 2. The fourth-order valence-electron chi connectivity index (χ4n) is 2.84. The molecule has 1 fully saturated rings. The van der Waals surface area contributed by atoms with E-state index in [0.29, 0.717) is 12.2 Å². The second kappa shape index (κ2) is 6.76. The van der Waals surface area contributed by atoms with Gasteiger partial charge in [-0.15, -0.1) is 0 Å². The molecule has 122 valence electrons. The summed E-state index contributed by atoms with van der Waals surface area (Å²) in [7, 11) is -0.553. The van der Waals surface area contributed by atoms with Gasteiger partial charge in [0.15, 0.2) is 0 Å².